The summed E-state index contributed by atoms with van der Waals surface area (Å²) < 4.78 is 0. The molecule has 1 amide bonds. The van der Waals surface area contributed by atoms with Gasteiger partial charge in [-0.25, -0.2) is 0 Å². The topological polar surface area (TPSA) is 82.2 Å². The van der Waals surface area contributed by atoms with Gasteiger partial charge >= 0.3 is 0 Å². The molecule has 0 bridgehead atoms. The molecule has 1 heterocycles. The van der Waals surface area contributed by atoms with Crippen molar-refractivity contribution in [1.82, 2.24) is 9.80 Å². The molecule has 0 aromatic heterocycles. The van der Waals surface area contributed by atoms with E-state index in [0.717, 1.165) is 32.5 Å². The highest BCUT2D eigenvalue weighted by molar-refractivity contribution is 6.06. The lowest BCUT2D eigenvalue weighted by molar-refractivity contribution is -0.137. The van der Waals surface area contributed by atoms with Crippen molar-refractivity contribution in [1.29, 1.82) is 0 Å². The lowest BCUT2D eigenvalue weighted by Gasteiger charge is -2.32. The lowest BCUT2D eigenvalue weighted by atomic mass is 9.83. The fraction of sp³-hybridized carbons (Fsp3) is 0.857. The van der Waals surface area contributed by atoms with Gasteiger partial charge in [-0.2, -0.15) is 0 Å². The smallest absolute Gasteiger partial charge is 0.236 e. The van der Waals surface area contributed by atoms with E-state index in [2.05, 4.69) is 10.1 Å². The highest BCUT2D eigenvalue weighted by Gasteiger charge is 2.46. The van der Waals surface area contributed by atoms with Crippen molar-refractivity contribution in [3.8, 4) is 0 Å². The van der Waals surface area contributed by atoms with Gasteiger partial charge in [-0.3, -0.25) is 4.79 Å². The number of rotatable bonds is 5. The molecule has 114 valence electrons. The summed E-state index contributed by atoms with van der Waals surface area (Å²) in [4.78, 5) is 16.8. The normalized spacial score (nSPS) is 23.1. The summed E-state index contributed by atoms with van der Waals surface area (Å²) in [5, 5.41) is 12.1. The Morgan fingerprint density at radius 3 is 2.45 bits per heavy atom. The molecular formula is C14H26N4O2. The molecule has 2 aliphatic rings. The van der Waals surface area contributed by atoms with E-state index in [1.54, 1.807) is 4.90 Å². The first-order valence-electron chi connectivity index (χ1n) is 7.56. The largest absolute Gasteiger partial charge is 0.409 e. The average Bonchev–Trinajstić information content (AvgIpc) is 3.14. The van der Waals surface area contributed by atoms with Crippen LogP contribution in [0.4, 0.5) is 0 Å². The second-order valence-corrected chi connectivity index (χ2v) is 6.05. The van der Waals surface area contributed by atoms with E-state index in [4.69, 9.17) is 10.9 Å². The molecule has 6 nitrogen and oxygen atoms in total. The van der Waals surface area contributed by atoms with Crippen LogP contribution in [0.25, 0.3) is 0 Å². The van der Waals surface area contributed by atoms with Crippen molar-refractivity contribution in [3.05, 3.63) is 0 Å². The first kappa shape index (κ1) is 15.1. The average molecular weight is 282 g/mol. The number of oxime groups is 1. The Balaban J connectivity index is 1.96. The summed E-state index contributed by atoms with van der Waals surface area (Å²) in [6, 6.07) is 0. The SMILES string of the molecule is CN(CCN1CCCC1)C(=O)C1(C(N)=NO)CCCC1. The first-order chi connectivity index (χ1) is 9.60. The Hall–Kier alpha value is -1.30. The number of nitrogens with two attached hydrogens (primary N) is 1. The number of amidine groups is 1. The van der Waals surface area contributed by atoms with E-state index in [9.17, 15) is 4.79 Å². The van der Waals surface area contributed by atoms with E-state index < -0.39 is 5.41 Å². The van der Waals surface area contributed by atoms with Crippen LogP contribution in [0.2, 0.25) is 0 Å². The molecule has 0 unspecified atom stereocenters. The molecule has 2 rings (SSSR count). The summed E-state index contributed by atoms with van der Waals surface area (Å²) >= 11 is 0. The Morgan fingerprint density at radius 1 is 1.30 bits per heavy atom. The maximum atomic E-state index is 12.7. The van der Waals surface area contributed by atoms with E-state index >= 15 is 0 Å². The monoisotopic (exact) mass is 282 g/mol. The molecule has 0 atom stereocenters. The maximum absolute atomic E-state index is 12.7. The number of amides is 1. The molecule has 3 N–H and O–H groups in total. The van der Waals surface area contributed by atoms with Crippen molar-refractivity contribution < 1.29 is 10.0 Å². The van der Waals surface area contributed by atoms with Gasteiger partial charge in [0.05, 0.1) is 0 Å². The van der Waals surface area contributed by atoms with Crippen molar-refractivity contribution >= 4 is 11.7 Å². The molecule has 6 heteroatoms. The molecule has 0 spiro atoms. The second kappa shape index (κ2) is 6.43. The standard InChI is InChI=1S/C14H26N4O2/c1-17(10-11-18-8-4-5-9-18)13(19)14(12(15)16-20)6-2-3-7-14/h20H,2-11H2,1H3,(H2,15,16). The van der Waals surface area contributed by atoms with Crippen molar-refractivity contribution in [3.63, 3.8) is 0 Å². The Labute approximate surface area is 120 Å². The molecule has 0 radical (unpaired) electrons. The van der Waals surface area contributed by atoms with E-state index in [1.807, 2.05) is 7.05 Å². The van der Waals surface area contributed by atoms with Crippen LogP contribution in [-0.2, 0) is 4.79 Å². The third-order valence-electron chi connectivity index (χ3n) is 4.76. The number of likely N-dealkylation sites (N-methyl/N-ethyl adjacent to an activating group) is 1. The fourth-order valence-electron chi connectivity index (χ4n) is 3.42. The molecule has 0 aromatic rings. The van der Waals surface area contributed by atoms with Gasteiger partial charge in [0.25, 0.3) is 0 Å². The van der Waals surface area contributed by atoms with Crippen LogP contribution in [0.3, 0.4) is 0 Å². The van der Waals surface area contributed by atoms with Crippen molar-refractivity contribution in [2.45, 2.75) is 38.5 Å². The second-order valence-electron chi connectivity index (χ2n) is 6.05. The zero-order valence-corrected chi connectivity index (χ0v) is 12.3. The molecule has 1 saturated carbocycles. The molecule has 2 fully saturated rings. The number of carbonyl (C=O) groups is 1. The van der Waals surface area contributed by atoms with Gasteiger partial charge < -0.3 is 20.7 Å². The quantitative estimate of drug-likeness (QED) is 0.339. The van der Waals surface area contributed by atoms with Crippen LogP contribution < -0.4 is 5.73 Å². The van der Waals surface area contributed by atoms with E-state index in [-0.39, 0.29) is 11.7 Å². The third-order valence-corrected chi connectivity index (χ3v) is 4.76. The number of likely N-dealkylation sites (tertiary alicyclic amines) is 1. The zero-order chi connectivity index (χ0) is 14.6. The first-order valence-corrected chi connectivity index (χ1v) is 7.56. The van der Waals surface area contributed by atoms with E-state index in [0.29, 0.717) is 19.4 Å². The Morgan fingerprint density at radius 2 is 1.90 bits per heavy atom. The number of carbonyl (C=O) groups excluding carboxylic acids is 1. The highest BCUT2D eigenvalue weighted by Crippen LogP contribution is 2.39. The lowest BCUT2D eigenvalue weighted by Crippen LogP contribution is -2.50. The molecule has 1 saturated heterocycles. The maximum Gasteiger partial charge on any atom is 0.236 e. The van der Waals surface area contributed by atoms with Crippen LogP contribution in [0.5, 0.6) is 0 Å². The predicted octanol–water partition coefficient (Wildman–Crippen LogP) is 0.847. The van der Waals surface area contributed by atoms with Gasteiger partial charge in [0.2, 0.25) is 5.91 Å². The van der Waals surface area contributed by atoms with Crippen molar-refractivity contribution in [2.75, 3.05) is 33.2 Å². The summed E-state index contributed by atoms with van der Waals surface area (Å²) in [5.74, 6) is 0.0810. The number of hydrogen-bond acceptors (Lipinski definition) is 4. The Kier molecular flexibility index (Phi) is 4.86. The summed E-state index contributed by atoms with van der Waals surface area (Å²) in [6.07, 6.45) is 5.81. The van der Waals surface area contributed by atoms with Crippen LogP contribution in [0.15, 0.2) is 5.16 Å². The van der Waals surface area contributed by atoms with Crippen molar-refractivity contribution in [2.24, 2.45) is 16.3 Å². The third kappa shape index (κ3) is 2.90. The number of nitrogens with zero attached hydrogens (tertiary/aromatic N) is 3. The molecule has 0 aromatic carbocycles. The Bertz CT molecular complexity index is 371. The molecular weight excluding hydrogens is 256 g/mol. The molecule has 20 heavy (non-hydrogen) atoms. The van der Waals surface area contributed by atoms with Gasteiger partial charge in [0, 0.05) is 20.1 Å². The minimum atomic E-state index is -0.769. The predicted molar refractivity (Wildman–Crippen MR) is 77.6 cm³/mol. The zero-order valence-electron chi connectivity index (χ0n) is 12.3. The number of hydrogen-bond donors (Lipinski definition) is 2. The highest BCUT2D eigenvalue weighted by atomic mass is 16.4. The molecule has 1 aliphatic carbocycles. The van der Waals surface area contributed by atoms with Gasteiger partial charge in [-0.05, 0) is 38.8 Å². The van der Waals surface area contributed by atoms with Gasteiger partial charge in [0.1, 0.15) is 5.41 Å². The summed E-state index contributed by atoms with van der Waals surface area (Å²) in [6.45, 7) is 3.88. The van der Waals surface area contributed by atoms with E-state index in [1.165, 1.54) is 12.8 Å². The fourth-order valence-corrected chi connectivity index (χ4v) is 3.42. The van der Waals surface area contributed by atoms with Crippen LogP contribution in [0.1, 0.15) is 38.5 Å². The minimum Gasteiger partial charge on any atom is -0.409 e. The van der Waals surface area contributed by atoms with Crippen LogP contribution in [0, 0.1) is 5.41 Å². The van der Waals surface area contributed by atoms with Crippen LogP contribution >= 0.6 is 0 Å². The van der Waals surface area contributed by atoms with Crippen LogP contribution in [-0.4, -0.2) is 60.0 Å². The minimum absolute atomic E-state index is 0.00416. The van der Waals surface area contributed by atoms with Gasteiger partial charge in [-0.1, -0.05) is 18.0 Å². The summed E-state index contributed by atoms with van der Waals surface area (Å²) in [5.41, 5.74) is 5.04. The van der Waals surface area contributed by atoms with Gasteiger partial charge in [0.15, 0.2) is 5.84 Å². The van der Waals surface area contributed by atoms with Gasteiger partial charge in [-0.15, -0.1) is 0 Å². The summed E-state index contributed by atoms with van der Waals surface area (Å²) in [7, 11) is 1.82. The molecule has 1 aliphatic heterocycles.